The van der Waals surface area contributed by atoms with Crippen molar-refractivity contribution in [2.75, 3.05) is 9.80 Å². The van der Waals surface area contributed by atoms with Crippen LogP contribution in [0.25, 0.3) is 22.3 Å². The molecular weight excluding hydrogens is 647 g/mol. The molecule has 8 rings (SSSR count). The predicted molar refractivity (Wildman–Crippen MR) is 222 cm³/mol. The molecule has 0 amide bonds. The van der Waals surface area contributed by atoms with Crippen LogP contribution in [0.4, 0.5) is 34.1 Å². The Morgan fingerprint density at radius 2 is 0.642 bits per heavy atom. The monoisotopic (exact) mass is 690 g/mol. The lowest BCUT2D eigenvalue weighted by Crippen LogP contribution is -2.41. The summed E-state index contributed by atoms with van der Waals surface area (Å²) in [5.41, 5.74) is 10.9. The minimum Gasteiger partial charge on any atom is -0.399 e. The molecule has 1 fully saturated rings. The average molecular weight is 691 g/mol. The van der Waals surface area contributed by atoms with Gasteiger partial charge in [-0.3, -0.25) is 0 Å². The molecule has 7 aromatic rings. The Labute approximate surface area is 314 Å². The lowest BCUT2D eigenvalue weighted by Gasteiger charge is -2.32. The number of hydrogen-bond donors (Lipinski definition) is 0. The highest BCUT2D eigenvalue weighted by Crippen LogP contribution is 2.42. The van der Waals surface area contributed by atoms with Crippen molar-refractivity contribution < 1.29 is 9.31 Å². The minimum atomic E-state index is -0.560. The number of anilines is 6. The first kappa shape index (κ1) is 34.2. The molecule has 0 unspecified atom stereocenters. The fourth-order valence-electron chi connectivity index (χ4n) is 6.91. The van der Waals surface area contributed by atoms with Crippen LogP contribution < -0.4 is 15.3 Å². The maximum Gasteiger partial charge on any atom is 0.494 e. The molecule has 0 saturated carbocycles. The second kappa shape index (κ2) is 14.3. The summed E-state index contributed by atoms with van der Waals surface area (Å²) in [7, 11) is -0.560. The molecule has 1 aliphatic heterocycles. The van der Waals surface area contributed by atoms with E-state index < -0.39 is 18.3 Å². The summed E-state index contributed by atoms with van der Waals surface area (Å²) in [6, 6.07) is 66.4. The molecular formula is C48H43BN2O2. The van der Waals surface area contributed by atoms with E-state index in [9.17, 15) is 0 Å². The van der Waals surface area contributed by atoms with Gasteiger partial charge in [-0.15, -0.1) is 0 Å². The number of benzene rings is 7. The zero-order chi connectivity index (χ0) is 36.4. The Balaban J connectivity index is 1.30. The molecule has 1 saturated heterocycles. The third kappa shape index (κ3) is 7.02. The Morgan fingerprint density at radius 1 is 0.340 bits per heavy atom. The molecule has 0 aromatic heterocycles. The number of hydrogen-bond acceptors (Lipinski definition) is 4. The van der Waals surface area contributed by atoms with E-state index in [0.717, 1.165) is 39.6 Å². The smallest absolute Gasteiger partial charge is 0.399 e. The van der Waals surface area contributed by atoms with Crippen LogP contribution in [-0.4, -0.2) is 18.3 Å². The van der Waals surface area contributed by atoms with Crippen molar-refractivity contribution in [1.29, 1.82) is 0 Å². The molecule has 53 heavy (non-hydrogen) atoms. The summed E-state index contributed by atoms with van der Waals surface area (Å²) in [4.78, 5) is 4.63. The molecule has 0 spiro atoms. The number of rotatable bonds is 9. The van der Waals surface area contributed by atoms with Gasteiger partial charge in [0.15, 0.2) is 0 Å². The Kier molecular flexibility index (Phi) is 9.22. The topological polar surface area (TPSA) is 24.9 Å². The second-order valence-electron chi connectivity index (χ2n) is 14.5. The van der Waals surface area contributed by atoms with Gasteiger partial charge in [0.05, 0.1) is 11.2 Å². The summed E-state index contributed by atoms with van der Waals surface area (Å²) in [5, 5.41) is 0. The number of nitrogens with zero attached hydrogens (tertiary/aromatic N) is 2. The largest absolute Gasteiger partial charge is 0.494 e. The predicted octanol–water partition coefficient (Wildman–Crippen LogP) is 12.3. The standard InChI is InChI=1S/C48H43BN2O2/c1-47(2)48(3,4)53-49(52-47)40-33-45(50(41-21-13-7-14-22-41)43-29-25-38(26-30-43)36-17-9-5-10-18-36)35-46(34-40)51(42-23-15-8-16-24-42)44-31-27-39(28-32-44)37-19-11-6-12-20-37/h5-35H,1-4H3. The number of para-hydroxylation sites is 2. The van der Waals surface area contributed by atoms with Crippen LogP contribution in [0.3, 0.4) is 0 Å². The molecule has 4 nitrogen and oxygen atoms in total. The lowest BCUT2D eigenvalue weighted by atomic mass is 9.78. The van der Waals surface area contributed by atoms with Crippen molar-refractivity contribution in [3.05, 3.63) is 188 Å². The van der Waals surface area contributed by atoms with Gasteiger partial charge in [-0.1, -0.05) is 121 Å². The van der Waals surface area contributed by atoms with E-state index in [2.05, 4.69) is 226 Å². The zero-order valence-electron chi connectivity index (χ0n) is 30.7. The van der Waals surface area contributed by atoms with Crippen LogP contribution >= 0.6 is 0 Å². The van der Waals surface area contributed by atoms with Gasteiger partial charge in [-0.25, -0.2) is 0 Å². The molecule has 0 radical (unpaired) electrons. The van der Waals surface area contributed by atoms with Crippen molar-refractivity contribution in [3.8, 4) is 22.3 Å². The third-order valence-electron chi connectivity index (χ3n) is 10.5. The van der Waals surface area contributed by atoms with Crippen molar-refractivity contribution in [3.63, 3.8) is 0 Å². The fourth-order valence-corrected chi connectivity index (χ4v) is 6.91. The molecule has 0 N–H and O–H groups in total. The Hall–Kier alpha value is -5.88. The van der Waals surface area contributed by atoms with Crippen LogP contribution in [0.1, 0.15) is 27.7 Å². The first-order valence-corrected chi connectivity index (χ1v) is 18.3. The highest BCUT2D eigenvalue weighted by molar-refractivity contribution is 6.62. The van der Waals surface area contributed by atoms with Crippen LogP contribution in [0.5, 0.6) is 0 Å². The van der Waals surface area contributed by atoms with E-state index in [1.807, 2.05) is 0 Å². The van der Waals surface area contributed by atoms with E-state index in [-0.39, 0.29) is 0 Å². The van der Waals surface area contributed by atoms with Gasteiger partial charge in [0.2, 0.25) is 0 Å². The fraction of sp³-hybridized carbons (Fsp3) is 0.125. The van der Waals surface area contributed by atoms with E-state index in [4.69, 9.17) is 9.31 Å². The summed E-state index contributed by atoms with van der Waals surface area (Å²) < 4.78 is 13.4. The first-order chi connectivity index (χ1) is 25.8. The van der Waals surface area contributed by atoms with Crippen molar-refractivity contribution in [2.45, 2.75) is 38.9 Å². The maximum absolute atomic E-state index is 6.71. The van der Waals surface area contributed by atoms with Crippen LogP contribution in [0, 0.1) is 0 Å². The molecule has 0 bridgehead atoms. The normalized spacial score (nSPS) is 14.5. The van der Waals surface area contributed by atoms with Crippen LogP contribution in [0.15, 0.2) is 188 Å². The molecule has 0 atom stereocenters. The van der Waals surface area contributed by atoms with Gasteiger partial charge in [-0.05, 0) is 122 Å². The van der Waals surface area contributed by atoms with Crippen LogP contribution in [-0.2, 0) is 9.31 Å². The average Bonchev–Trinajstić information content (AvgIpc) is 3.43. The molecule has 1 heterocycles. The zero-order valence-corrected chi connectivity index (χ0v) is 30.7. The quantitative estimate of drug-likeness (QED) is 0.141. The van der Waals surface area contributed by atoms with Gasteiger partial charge in [0.25, 0.3) is 0 Å². The Morgan fingerprint density at radius 3 is 1.00 bits per heavy atom. The molecule has 260 valence electrons. The second-order valence-corrected chi connectivity index (χ2v) is 14.5. The molecule has 5 heteroatoms. The van der Waals surface area contributed by atoms with Gasteiger partial charge < -0.3 is 19.1 Å². The summed E-state index contributed by atoms with van der Waals surface area (Å²) in [6.07, 6.45) is 0. The lowest BCUT2D eigenvalue weighted by molar-refractivity contribution is 0.00578. The molecule has 7 aromatic carbocycles. The first-order valence-electron chi connectivity index (χ1n) is 18.3. The van der Waals surface area contributed by atoms with Gasteiger partial charge in [0.1, 0.15) is 0 Å². The third-order valence-corrected chi connectivity index (χ3v) is 10.5. The highest BCUT2D eigenvalue weighted by Gasteiger charge is 2.52. The maximum atomic E-state index is 6.71. The van der Waals surface area contributed by atoms with E-state index in [1.165, 1.54) is 22.3 Å². The van der Waals surface area contributed by atoms with E-state index in [0.29, 0.717) is 0 Å². The van der Waals surface area contributed by atoms with Crippen molar-refractivity contribution >= 4 is 46.7 Å². The molecule has 0 aliphatic carbocycles. The summed E-state index contributed by atoms with van der Waals surface area (Å²) in [6.45, 7) is 8.42. The summed E-state index contributed by atoms with van der Waals surface area (Å²) >= 11 is 0. The van der Waals surface area contributed by atoms with Crippen LogP contribution in [0.2, 0.25) is 0 Å². The van der Waals surface area contributed by atoms with E-state index in [1.54, 1.807) is 0 Å². The van der Waals surface area contributed by atoms with Gasteiger partial charge in [0, 0.05) is 34.1 Å². The van der Waals surface area contributed by atoms with Gasteiger partial charge >= 0.3 is 7.12 Å². The molecule has 1 aliphatic rings. The summed E-state index contributed by atoms with van der Waals surface area (Å²) in [5.74, 6) is 0. The van der Waals surface area contributed by atoms with Crippen molar-refractivity contribution in [1.82, 2.24) is 0 Å². The minimum absolute atomic E-state index is 0.493. The SMILES string of the molecule is CC1(C)OB(c2cc(N(c3ccccc3)c3ccc(-c4ccccc4)cc3)cc(N(c3ccccc3)c3ccc(-c4ccccc4)cc3)c2)OC1(C)C. The van der Waals surface area contributed by atoms with Gasteiger partial charge in [-0.2, -0.15) is 0 Å². The Bertz CT molecular complexity index is 2120. The van der Waals surface area contributed by atoms with Crippen molar-refractivity contribution in [2.24, 2.45) is 0 Å². The van der Waals surface area contributed by atoms with E-state index >= 15 is 0 Å². The highest BCUT2D eigenvalue weighted by atomic mass is 16.7.